The number of ether oxygens (including phenoxy) is 2. The molecule has 0 rings (SSSR count). The molecule has 0 atom stereocenters. The van der Waals surface area contributed by atoms with Crippen LogP contribution in [-0.2, 0) is 19.1 Å². The summed E-state index contributed by atoms with van der Waals surface area (Å²) in [7, 11) is 0. The van der Waals surface area contributed by atoms with E-state index < -0.39 is 0 Å². The van der Waals surface area contributed by atoms with Gasteiger partial charge < -0.3 is 9.47 Å². The smallest absolute Gasteiger partial charge is 0.330 e. The Kier molecular flexibility index (Phi) is 15.7. The molecule has 0 fully saturated rings. The van der Waals surface area contributed by atoms with Gasteiger partial charge in [0.2, 0.25) is 0 Å². The summed E-state index contributed by atoms with van der Waals surface area (Å²) in [4.78, 5) is 22.1. The Hall–Kier alpha value is -2.10. The van der Waals surface area contributed by atoms with Crippen molar-refractivity contribution in [2.45, 2.75) is 52.4 Å². The molecule has 0 aromatic carbocycles. The van der Waals surface area contributed by atoms with Gasteiger partial charge in [-0.15, -0.1) is 0 Å². The molecule has 24 heavy (non-hydrogen) atoms. The Morgan fingerprint density at radius 2 is 0.875 bits per heavy atom. The summed E-state index contributed by atoms with van der Waals surface area (Å²) in [5.74, 6) is -0.549. The normalized spacial score (nSPS) is 11.9. The van der Waals surface area contributed by atoms with Gasteiger partial charge in [-0.25, -0.2) is 9.59 Å². The maximum Gasteiger partial charge on any atom is 0.330 e. The fourth-order valence-electron chi connectivity index (χ4n) is 1.79. The highest BCUT2D eigenvalue weighted by atomic mass is 16.5. The number of carbonyl (C=O) groups is 2. The second-order valence-corrected chi connectivity index (χ2v) is 4.98. The van der Waals surface area contributed by atoms with E-state index in [9.17, 15) is 9.59 Å². The number of rotatable bonds is 13. The molecule has 4 nitrogen and oxygen atoms in total. The van der Waals surface area contributed by atoms with Crippen molar-refractivity contribution in [2.75, 3.05) is 13.2 Å². The fraction of sp³-hybridized carbons (Fsp3) is 0.500. The van der Waals surface area contributed by atoms with E-state index >= 15 is 0 Å². The van der Waals surface area contributed by atoms with Gasteiger partial charge in [0.25, 0.3) is 0 Å². The molecule has 0 aromatic heterocycles. The molecule has 0 radical (unpaired) electrons. The molecule has 4 heteroatoms. The van der Waals surface area contributed by atoms with Crippen LogP contribution in [0.5, 0.6) is 0 Å². The van der Waals surface area contributed by atoms with Gasteiger partial charge in [-0.05, 0) is 52.4 Å². The van der Waals surface area contributed by atoms with Gasteiger partial charge in [0, 0.05) is 12.2 Å². The molecule has 0 aliphatic rings. The molecule has 0 saturated heterocycles. The van der Waals surface area contributed by atoms with Crippen molar-refractivity contribution in [3.8, 4) is 0 Å². The Morgan fingerprint density at radius 1 is 0.583 bits per heavy atom. The van der Waals surface area contributed by atoms with Gasteiger partial charge in [-0.2, -0.15) is 0 Å². The van der Waals surface area contributed by atoms with E-state index in [1.807, 2.05) is 12.2 Å². The third-order valence-electron chi connectivity index (χ3n) is 2.91. The van der Waals surface area contributed by atoms with Gasteiger partial charge in [0.15, 0.2) is 0 Å². The summed E-state index contributed by atoms with van der Waals surface area (Å²) in [6, 6.07) is 0. The van der Waals surface area contributed by atoms with Crippen molar-refractivity contribution in [2.24, 2.45) is 0 Å². The number of carbonyl (C=O) groups excluding carboxylic acids is 2. The average molecular weight is 334 g/mol. The first-order valence-corrected chi connectivity index (χ1v) is 8.67. The fourth-order valence-corrected chi connectivity index (χ4v) is 1.79. The van der Waals surface area contributed by atoms with Crippen LogP contribution in [0.2, 0.25) is 0 Å². The third-order valence-corrected chi connectivity index (χ3v) is 2.91. The van der Waals surface area contributed by atoms with Crippen LogP contribution < -0.4 is 0 Å². The van der Waals surface area contributed by atoms with Crippen molar-refractivity contribution in [1.29, 1.82) is 0 Å². The molecular weight excluding hydrogens is 304 g/mol. The van der Waals surface area contributed by atoms with Crippen LogP contribution in [0, 0.1) is 0 Å². The Balaban J connectivity index is 3.51. The molecule has 0 aromatic rings. The SMILES string of the molecule is CCOC(=O)/C=C\CC/C=C/CC/C=C/CC/C=C\C(=O)OCC. The van der Waals surface area contributed by atoms with Crippen molar-refractivity contribution in [3.63, 3.8) is 0 Å². The van der Waals surface area contributed by atoms with Crippen molar-refractivity contribution < 1.29 is 19.1 Å². The molecule has 0 heterocycles. The Morgan fingerprint density at radius 3 is 1.17 bits per heavy atom. The number of esters is 2. The second-order valence-electron chi connectivity index (χ2n) is 4.98. The van der Waals surface area contributed by atoms with Crippen molar-refractivity contribution >= 4 is 11.9 Å². The van der Waals surface area contributed by atoms with E-state index in [0.29, 0.717) is 13.2 Å². The lowest BCUT2D eigenvalue weighted by Gasteiger charge is -1.94. The van der Waals surface area contributed by atoms with Crippen LogP contribution in [-0.4, -0.2) is 25.2 Å². The predicted octanol–water partition coefficient (Wildman–Crippen LogP) is 4.68. The average Bonchev–Trinajstić information content (AvgIpc) is 2.55. The summed E-state index contributed by atoms with van der Waals surface area (Å²) >= 11 is 0. The van der Waals surface area contributed by atoms with Crippen molar-refractivity contribution in [1.82, 2.24) is 0 Å². The first-order valence-electron chi connectivity index (χ1n) is 8.67. The zero-order chi connectivity index (χ0) is 17.9. The minimum absolute atomic E-state index is 0.274. The molecule has 0 saturated carbocycles. The predicted molar refractivity (Wildman–Crippen MR) is 97.5 cm³/mol. The second kappa shape index (κ2) is 17.3. The molecule has 0 aliphatic carbocycles. The lowest BCUT2D eigenvalue weighted by atomic mass is 10.2. The van der Waals surface area contributed by atoms with E-state index in [1.165, 1.54) is 12.2 Å². The maximum atomic E-state index is 11.0. The third kappa shape index (κ3) is 16.3. The van der Waals surface area contributed by atoms with Gasteiger partial charge >= 0.3 is 11.9 Å². The quantitative estimate of drug-likeness (QED) is 0.212. The van der Waals surface area contributed by atoms with Gasteiger partial charge in [-0.3, -0.25) is 0 Å². The van der Waals surface area contributed by atoms with Crippen LogP contribution >= 0.6 is 0 Å². The minimum Gasteiger partial charge on any atom is -0.463 e. The van der Waals surface area contributed by atoms with Gasteiger partial charge in [-0.1, -0.05) is 36.5 Å². The van der Waals surface area contributed by atoms with Gasteiger partial charge in [0.1, 0.15) is 0 Å². The molecule has 0 aliphatic heterocycles. The largest absolute Gasteiger partial charge is 0.463 e. The molecule has 0 unspecified atom stereocenters. The molecular formula is C20H30O4. The van der Waals surface area contributed by atoms with Crippen LogP contribution in [0.1, 0.15) is 52.4 Å². The summed E-state index contributed by atoms with van der Waals surface area (Å²) in [5.41, 5.74) is 0. The van der Waals surface area contributed by atoms with E-state index in [-0.39, 0.29) is 11.9 Å². The highest BCUT2D eigenvalue weighted by Crippen LogP contribution is 2.00. The Bertz CT molecular complexity index is 403. The summed E-state index contributed by atoms with van der Waals surface area (Å²) < 4.78 is 9.59. The van der Waals surface area contributed by atoms with E-state index in [4.69, 9.17) is 9.47 Å². The summed E-state index contributed by atoms with van der Waals surface area (Å²) in [6.07, 6.45) is 20.8. The number of unbranched alkanes of at least 4 members (excludes halogenated alkanes) is 3. The first kappa shape index (κ1) is 21.9. The topological polar surface area (TPSA) is 52.6 Å². The molecule has 134 valence electrons. The van der Waals surface area contributed by atoms with E-state index in [2.05, 4.69) is 24.3 Å². The van der Waals surface area contributed by atoms with E-state index in [0.717, 1.165) is 38.5 Å². The Labute approximate surface area is 145 Å². The van der Waals surface area contributed by atoms with Crippen LogP contribution in [0.15, 0.2) is 48.6 Å². The monoisotopic (exact) mass is 334 g/mol. The molecule has 0 N–H and O–H groups in total. The highest BCUT2D eigenvalue weighted by Gasteiger charge is 1.91. The standard InChI is InChI=1S/C20H30O4/c1-3-23-19(21)17-15-13-11-9-7-5-6-8-10-12-14-16-18-20(22)24-4-2/h7-10,15-18H,3-6,11-14H2,1-2H3/b9-7+,10-8+,17-15-,18-16-. The summed E-state index contributed by atoms with van der Waals surface area (Å²) in [6.45, 7) is 4.42. The molecule has 0 bridgehead atoms. The van der Waals surface area contributed by atoms with Crippen molar-refractivity contribution in [3.05, 3.63) is 48.6 Å². The lowest BCUT2D eigenvalue weighted by Crippen LogP contribution is -1.98. The number of hydrogen-bond donors (Lipinski definition) is 0. The number of hydrogen-bond acceptors (Lipinski definition) is 4. The number of allylic oxidation sites excluding steroid dienone is 6. The summed E-state index contributed by atoms with van der Waals surface area (Å²) in [5, 5.41) is 0. The highest BCUT2D eigenvalue weighted by molar-refractivity contribution is 5.82. The zero-order valence-corrected chi connectivity index (χ0v) is 14.9. The molecule has 0 spiro atoms. The van der Waals surface area contributed by atoms with Gasteiger partial charge in [0.05, 0.1) is 13.2 Å². The maximum absolute atomic E-state index is 11.0. The minimum atomic E-state index is -0.274. The molecule has 0 amide bonds. The van der Waals surface area contributed by atoms with Crippen LogP contribution in [0.3, 0.4) is 0 Å². The van der Waals surface area contributed by atoms with Crippen LogP contribution in [0.4, 0.5) is 0 Å². The zero-order valence-electron chi connectivity index (χ0n) is 14.9. The first-order chi connectivity index (χ1) is 11.7. The van der Waals surface area contributed by atoms with Crippen LogP contribution in [0.25, 0.3) is 0 Å². The van der Waals surface area contributed by atoms with E-state index in [1.54, 1.807) is 13.8 Å². The lowest BCUT2D eigenvalue weighted by molar-refractivity contribution is -0.138.